The first-order valence-corrected chi connectivity index (χ1v) is 8.08. The van der Waals surface area contributed by atoms with Crippen LogP contribution in [0.5, 0.6) is 5.75 Å². The summed E-state index contributed by atoms with van der Waals surface area (Å²) >= 11 is 0. The van der Waals surface area contributed by atoms with E-state index in [0.717, 1.165) is 11.8 Å². The lowest BCUT2D eigenvalue weighted by atomic mass is 10.1. The van der Waals surface area contributed by atoms with Gasteiger partial charge in [0.15, 0.2) is 15.6 Å². The third kappa shape index (κ3) is 2.31. The predicted molar refractivity (Wildman–Crippen MR) is 78.1 cm³/mol. The lowest BCUT2D eigenvalue weighted by Gasteiger charge is -2.08. The van der Waals surface area contributed by atoms with Crippen molar-refractivity contribution in [2.24, 2.45) is 7.05 Å². The maximum Gasteiger partial charge on any atom is 0.182 e. The van der Waals surface area contributed by atoms with Gasteiger partial charge in [-0.05, 0) is 19.1 Å². The maximum absolute atomic E-state index is 12.4. The van der Waals surface area contributed by atoms with Crippen molar-refractivity contribution in [3.63, 3.8) is 0 Å². The van der Waals surface area contributed by atoms with E-state index in [0.29, 0.717) is 16.7 Å². The quantitative estimate of drug-likeness (QED) is 0.807. The van der Waals surface area contributed by atoms with E-state index in [4.69, 9.17) is 4.74 Å². The minimum atomic E-state index is -3.43. The lowest BCUT2D eigenvalue weighted by molar-refractivity contribution is 0.0993. The van der Waals surface area contributed by atoms with E-state index in [1.54, 1.807) is 16.8 Å². The van der Waals surface area contributed by atoms with Crippen LogP contribution in [0.2, 0.25) is 0 Å². The van der Waals surface area contributed by atoms with Crippen molar-refractivity contribution in [2.75, 3.05) is 13.4 Å². The second kappa shape index (κ2) is 4.94. The van der Waals surface area contributed by atoms with E-state index in [-0.39, 0.29) is 0 Å². The molecule has 1 atom stereocenters. The molecule has 0 radical (unpaired) electrons. The Morgan fingerprint density at radius 2 is 2.00 bits per heavy atom. The highest BCUT2D eigenvalue weighted by Crippen LogP contribution is 2.31. The summed E-state index contributed by atoms with van der Waals surface area (Å²) in [5.74, 6) is 0.148. The van der Waals surface area contributed by atoms with Crippen LogP contribution in [0.15, 0.2) is 24.4 Å². The highest BCUT2D eigenvalue weighted by molar-refractivity contribution is 7.92. The molecule has 0 aliphatic rings. The van der Waals surface area contributed by atoms with Crippen LogP contribution in [0.1, 0.15) is 17.3 Å². The first-order valence-electron chi connectivity index (χ1n) is 6.12. The van der Waals surface area contributed by atoms with E-state index < -0.39 is 20.9 Å². The van der Waals surface area contributed by atoms with Gasteiger partial charge in [0.25, 0.3) is 0 Å². The van der Waals surface area contributed by atoms with Crippen molar-refractivity contribution in [3.05, 3.63) is 30.0 Å². The fraction of sp³-hybridized carbons (Fsp3) is 0.357. The zero-order valence-electron chi connectivity index (χ0n) is 11.9. The minimum Gasteiger partial charge on any atom is -0.496 e. The van der Waals surface area contributed by atoms with Crippen molar-refractivity contribution in [1.82, 2.24) is 4.57 Å². The summed E-state index contributed by atoms with van der Waals surface area (Å²) in [5, 5.41) is -0.420. The van der Waals surface area contributed by atoms with Crippen LogP contribution in [-0.2, 0) is 16.9 Å². The summed E-state index contributed by atoms with van der Waals surface area (Å²) in [7, 11) is -0.0958. The van der Waals surface area contributed by atoms with Crippen LogP contribution in [-0.4, -0.2) is 37.4 Å². The number of carbonyl (C=O) groups excluding carboxylic acids is 1. The number of sulfone groups is 1. The molecule has 0 aliphatic heterocycles. The molecule has 1 heterocycles. The molecule has 0 aliphatic carbocycles. The Bertz CT molecular complexity index is 774. The van der Waals surface area contributed by atoms with Gasteiger partial charge in [-0.1, -0.05) is 6.07 Å². The van der Waals surface area contributed by atoms with Gasteiger partial charge in [-0.25, -0.2) is 8.42 Å². The molecule has 0 fully saturated rings. The molecule has 108 valence electrons. The molecule has 6 heteroatoms. The van der Waals surface area contributed by atoms with Crippen LogP contribution in [0.25, 0.3) is 10.9 Å². The van der Waals surface area contributed by atoms with Gasteiger partial charge in [0.05, 0.1) is 18.0 Å². The molecule has 0 spiro atoms. The summed E-state index contributed by atoms with van der Waals surface area (Å²) in [5.41, 5.74) is 1.20. The van der Waals surface area contributed by atoms with E-state index in [9.17, 15) is 13.2 Å². The topological polar surface area (TPSA) is 65.4 Å². The molecule has 1 aromatic carbocycles. The molecule has 0 bridgehead atoms. The van der Waals surface area contributed by atoms with Crippen LogP contribution in [0.3, 0.4) is 0 Å². The second-order valence-corrected chi connectivity index (χ2v) is 7.21. The molecule has 5 nitrogen and oxygen atoms in total. The number of hydrogen-bond donors (Lipinski definition) is 0. The Morgan fingerprint density at radius 3 is 2.55 bits per heavy atom. The molecule has 0 amide bonds. The monoisotopic (exact) mass is 295 g/mol. The van der Waals surface area contributed by atoms with Gasteiger partial charge >= 0.3 is 0 Å². The zero-order valence-corrected chi connectivity index (χ0v) is 12.7. The summed E-state index contributed by atoms with van der Waals surface area (Å²) < 4.78 is 30.2. The van der Waals surface area contributed by atoms with Crippen molar-refractivity contribution >= 4 is 26.5 Å². The van der Waals surface area contributed by atoms with Gasteiger partial charge < -0.3 is 9.30 Å². The van der Waals surface area contributed by atoms with Gasteiger partial charge in [0.1, 0.15) is 11.0 Å². The fourth-order valence-electron chi connectivity index (χ4n) is 2.18. The van der Waals surface area contributed by atoms with Crippen LogP contribution in [0.4, 0.5) is 0 Å². The first kappa shape index (κ1) is 14.6. The Labute approximate surface area is 118 Å². The maximum atomic E-state index is 12.4. The van der Waals surface area contributed by atoms with Crippen molar-refractivity contribution in [3.8, 4) is 5.75 Å². The number of ketones is 1. The normalized spacial score (nSPS) is 13.4. The number of Topliss-reactive ketones (excluding diaryl/α,β-unsaturated/α-hetero) is 1. The van der Waals surface area contributed by atoms with Gasteiger partial charge in [-0.2, -0.15) is 0 Å². The molecule has 20 heavy (non-hydrogen) atoms. The van der Waals surface area contributed by atoms with Gasteiger partial charge in [0.2, 0.25) is 0 Å². The fourth-order valence-corrected chi connectivity index (χ4v) is 2.70. The van der Waals surface area contributed by atoms with Gasteiger partial charge in [0, 0.05) is 25.1 Å². The molecule has 0 saturated heterocycles. The van der Waals surface area contributed by atoms with Gasteiger partial charge in [-0.15, -0.1) is 0 Å². The third-order valence-corrected chi connectivity index (χ3v) is 4.97. The highest BCUT2D eigenvalue weighted by Gasteiger charge is 2.28. The zero-order chi connectivity index (χ0) is 15.1. The number of rotatable bonds is 4. The van der Waals surface area contributed by atoms with Crippen molar-refractivity contribution in [2.45, 2.75) is 12.2 Å². The number of benzene rings is 1. The summed E-state index contributed by atoms with van der Waals surface area (Å²) in [6, 6.07) is 5.44. The Morgan fingerprint density at radius 1 is 1.35 bits per heavy atom. The molecular weight excluding hydrogens is 278 g/mol. The van der Waals surface area contributed by atoms with Crippen LogP contribution in [0, 0.1) is 0 Å². The Hall–Kier alpha value is -1.82. The van der Waals surface area contributed by atoms with E-state index in [1.807, 2.05) is 19.2 Å². The largest absolute Gasteiger partial charge is 0.496 e. The van der Waals surface area contributed by atoms with Crippen molar-refractivity contribution in [1.29, 1.82) is 0 Å². The predicted octanol–water partition coefficient (Wildman–Crippen LogP) is 1.80. The van der Waals surface area contributed by atoms with Gasteiger partial charge in [-0.3, -0.25) is 4.79 Å². The number of nitrogens with zero attached hydrogens (tertiary/aromatic N) is 1. The number of aromatic nitrogens is 1. The van der Waals surface area contributed by atoms with Crippen LogP contribution >= 0.6 is 0 Å². The molecule has 2 rings (SSSR count). The average molecular weight is 295 g/mol. The Balaban J connectivity index is 2.70. The molecule has 2 aromatic rings. The number of carbonyl (C=O) groups is 1. The third-order valence-electron chi connectivity index (χ3n) is 3.47. The molecular formula is C14H17NO4S. The molecule has 1 unspecified atom stereocenters. The molecule has 1 aromatic heterocycles. The summed E-state index contributed by atoms with van der Waals surface area (Å²) in [6.07, 6.45) is 2.72. The number of ether oxygens (including phenoxy) is 1. The van der Waals surface area contributed by atoms with E-state index >= 15 is 0 Å². The molecule has 0 saturated carbocycles. The Kier molecular flexibility index (Phi) is 3.60. The summed E-state index contributed by atoms with van der Waals surface area (Å²) in [4.78, 5) is 12.4. The van der Waals surface area contributed by atoms with E-state index in [2.05, 4.69) is 0 Å². The molecule has 0 N–H and O–H groups in total. The second-order valence-electron chi connectivity index (χ2n) is 4.84. The number of hydrogen-bond acceptors (Lipinski definition) is 4. The number of methoxy groups -OCH3 is 1. The number of aryl methyl sites for hydroxylation is 1. The average Bonchev–Trinajstić information content (AvgIpc) is 2.73. The number of fused-ring (bicyclic) bond motifs is 1. The summed E-state index contributed by atoms with van der Waals surface area (Å²) in [6.45, 7) is 1.41. The first-order chi connectivity index (χ1) is 9.27. The van der Waals surface area contributed by atoms with E-state index in [1.165, 1.54) is 14.0 Å². The lowest BCUT2D eigenvalue weighted by Crippen LogP contribution is -2.26. The smallest absolute Gasteiger partial charge is 0.182 e. The van der Waals surface area contributed by atoms with Crippen molar-refractivity contribution < 1.29 is 17.9 Å². The minimum absolute atomic E-state index is 0.373. The highest BCUT2D eigenvalue weighted by atomic mass is 32.2. The van der Waals surface area contributed by atoms with Crippen LogP contribution < -0.4 is 4.74 Å². The SMILES string of the molecule is COc1cccc2c1c(C(=O)C(C)S(C)(=O)=O)cn2C. The standard InChI is InChI=1S/C14H17NO4S/c1-9(20(4,17)18)14(16)10-8-15(2)11-6-5-7-12(19-3)13(10)11/h5-9H,1-4H3.